The van der Waals surface area contributed by atoms with Gasteiger partial charge in [0.25, 0.3) is 0 Å². The number of halogens is 4. The summed E-state index contributed by atoms with van der Waals surface area (Å²) >= 11 is 0. The predicted octanol–water partition coefficient (Wildman–Crippen LogP) is 3.33. The van der Waals surface area contributed by atoms with Crippen LogP contribution < -0.4 is 4.90 Å². The summed E-state index contributed by atoms with van der Waals surface area (Å²) in [5.74, 6) is -7.66. The Morgan fingerprint density at radius 1 is 0.952 bits per heavy atom. The van der Waals surface area contributed by atoms with Gasteiger partial charge in [-0.2, -0.15) is 0 Å². The Bertz CT molecular complexity index is 566. The first-order valence-electron chi connectivity index (χ1n) is 6.45. The second kappa shape index (κ2) is 6.15. The van der Waals surface area contributed by atoms with E-state index < -0.39 is 40.5 Å². The molecule has 2 rings (SSSR count). The molecule has 0 amide bonds. The van der Waals surface area contributed by atoms with E-state index in [9.17, 15) is 22.4 Å². The summed E-state index contributed by atoms with van der Waals surface area (Å²) in [6.07, 6.45) is 3.18. The van der Waals surface area contributed by atoms with Gasteiger partial charge in [0.2, 0.25) is 0 Å². The maximum absolute atomic E-state index is 14.0. The largest absolute Gasteiger partial charge is 0.478 e. The van der Waals surface area contributed by atoms with Crippen molar-refractivity contribution in [1.29, 1.82) is 0 Å². The third kappa shape index (κ3) is 3.01. The number of piperidine rings is 1. The van der Waals surface area contributed by atoms with Crippen LogP contribution in [-0.2, 0) is 4.79 Å². The van der Waals surface area contributed by atoms with Crippen LogP contribution in [-0.4, -0.2) is 24.2 Å². The van der Waals surface area contributed by atoms with E-state index in [1.165, 1.54) is 4.90 Å². The van der Waals surface area contributed by atoms with Crippen molar-refractivity contribution in [3.05, 3.63) is 34.9 Å². The maximum atomic E-state index is 14.0. The minimum absolute atomic E-state index is 0.316. The molecule has 0 radical (unpaired) electrons. The lowest BCUT2D eigenvalue weighted by Crippen LogP contribution is -2.31. The molecule has 0 atom stereocenters. The van der Waals surface area contributed by atoms with Crippen LogP contribution in [0.15, 0.2) is 6.08 Å². The van der Waals surface area contributed by atoms with E-state index in [2.05, 4.69) is 0 Å². The molecule has 1 fully saturated rings. The van der Waals surface area contributed by atoms with Crippen molar-refractivity contribution in [3.8, 4) is 0 Å². The minimum Gasteiger partial charge on any atom is -0.478 e. The van der Waals surface area contributed by atoms with Crippen LogP contribution in [0.1, 0.15) is 24.8 Å². The summed E-state index contributed by atoms with van der Waals surface area (Å²) in [6, 6.07) is 0. The topological polar surface area (TPSA) is 40.5 Å². The van der Waals surface area contributed by atoms with Crippen molar-refractivity contribution in [2.45, 2.75) is 19.3 Å². The Morgan fingerprint density at radius 2 is 1.48 bits per heavy atom. The van der Waals surface area contributed by atoms with Crippen LogP contribution in [0.3, 0.4) is 0 Å². The molecule has 0 aliphatic carbocycles. The maximum Gasteiger partial charge on any atom is 0.328 e. The molecular weight excluding hydrogens is 290 g/mol. The van der Waals surface area contributed by atoms with Gasteiger partial charge in [-0.15, -0.1) is 0 Å². The lowest BCUT2D eigenvalue weighted by atomic mass is 10.1. The number of hydrogen-bond acceptors (Lipinski definition) is 2. The third-order valence-electron chi connectivity index (χ3n) is 3.34. The van der Waals surface area contributed by atoms with Crippen LogP contribution in [0.4, 0.5) is 23.2 Å². The molecule has 1 aromatic rings. The van der Waals surface area contributed by atoms with E-state index >= 15 is 0 Å². The molecule has 1 aliphatic rings. The Morgan fingerprint density at radius 3 is 1.95 bits per heavy atom. The molecule has 0 bridgehead atoms. The van der Waals surface area contributed by atoms with Gasteiger partial charge in [-0.25, -0.2) is 22.4 Å². The highest BCUT2D eigenvalue weighted by molar-refractivity contribution is 5.85. The summed E-state index contributed by atoms with van der Waals surface area (Å²) < 4.78 is 55.7. The van der Waals surface area contributed by atoms with E-state index in [-0.39, 0.29) is 0 Å². The van der Waals surface area contributed by atoms with Crippen molar-refractivity contribution in [2.24, 2.45) is 0 Å². The molecule has 1 saturated heterocycles. The molecule has 0 spiro atoms. The summed E-state index contributed by atoms with van der Waals surface area (Å²) in [7, 11) is 0. The Kier molecular flexibility index (Phi) is 4.50. The zero-order chi connectivity index (χ0) is 15.6. The monoisotopic (exact) mass is 303 g/mol. The van der Waals surface area contributed by atoms with E-state index in [0.29, 0.717) is 38.1 Å². The molecule has 1 heterocycles. The fourth-order valence-corrected chi connectivity index (χ4v) is 2.33. The van der Waals surface area contributed by atoms with Crippen LogP contribution in [0, 0.1) is 23.3 Å². The number of hydrogen-bond donors (Lipinski definition) is 1. The van der Waals surface area contributed by atoms with Crippen molar-refractivity contribution >= 4 is 17.7 Å². The lowest BCUT2D eigenvalue weighted by molar-refractivity contribution is -0.131. The van der Waals surface area contributed by atoms with Gasteiger partial charge in [0, 0.05) is 19.2 Å². The lowest BCUT2D eigenvalue weighted by Gasteiger charge is -2.29. The molecule has 1 N–H and O–H groups in total. The molecule has 0 unspecified atom stereocenters. The first-order valence-corrected chi connectivity index (χ1v) is 6.45. The molecule has 0 aromatic heterocycles. The number of carboxylic acid groups (broad SMARTS) is 1. The standard InChI is InChI=1S/C14H13F4NO2/c15-10-8(4-5-9(20)21)11(16)13(18)14(12(10)17)19-6-2-1-3-7-19/h4-5H,1-3,6-7H2,(H,20,21)/b5-4-. The van der Waals surface area contributed by atoms with Gasteiger partial charge in [0.1, 0.15) is 5.69 Å². The number of nitrogens with zero attached hydrogens (tertiary/aromatic N) is 1. The van der Waals surface area contributed by atoms with Crippen LogP contribution >= 0.6 is 0 Å². The Hall–Kier alpha value is -2.05. The van der Waals surface area contributed by atoms with Crippen molar-refractivity contribution in [1.82, 2.24) is 0 Å². The number of carbonyl (C=O) groups is 1. The van der Waals surface area contributed by atoms with Crippen LogP contribution in [0.25, 0.3) is 6.08 Å². The second-order valence-electron chi connectivity index (χ2n) is 4.74. The smallest absolute Gasteiger partial charge is 0.328 e. The van der Waals surface area contributed by atoms with Gasteiger partial charge in [0.15, 0.2) is 23.3 Å². The van der Waals surface area contributed by atoms with Crippen LogP contribution in [0.2, 0.25) is 0 Å². The number of aliphatic carboxylic acids is 1. The van der Waals surface area contributed by atoms with E-state index in [4.69, 9.17) is 5.11 Å². The normalized spacial score (nSPS) is 15.7. The van der Waals surface area contributed by atoms with Gasteiger partial charge in [-0.3, -0.25) is 0 Å². The highest BCUT2D eigenvalue weighted by Crippen LogP contribution is 2.33. The fraction of sp³-hybridized carbons (Fsp3) is 0.357. The fourth-order valence-electron chi connectivity index (χ4n) is 2.33. The Balaban J connectivity index is 2.52. The van der Waals surface area contributed by atoms with Gasteiger partial charge < -0.3 is 10.0 Å². The minimum atomic E-state index is -1.59. The van der Waals surface area contributed by atoms with E-state index in [1.54, 1.807) is 0 Å². The summed E-state index contributed by atoms with van der Waals surface area (Å²) in [5.41, 5.74) is -1.76. The average Bonchev–Trinajstić information content (AvgIpc) is 2.46. The molecule has 0 saturated carbocycles. The zero-order valence-electron chi connectivity index (χ0n) is 11.0. The molecule has 3 nitrogen and oxygen atoms in total. The van der Waals surface area contributed by atoms with Gasteiger partial charge in [-0.1, -0.05) is 0 Å². The highest BCUT2D eigenvalue weighted by Gasteiger charge is 2.28. The van der Waals surface area contributed by atoms with E-state index in [1.807, 2.05) is 0 Å². The third-order valence-corrected chi connectivity index (χ3v) is 3.34. The quantitative estimate of drug-likeness (QED) is 0.529. The zero-order valence-corrected chi connectivity index (χ0v) is 11.0. The number of carboxylic acids is 1. The van der Waals surface area contributed by atoms with Crippen molar-refractivity contribution in [3.63, 3.8) is 0 Å². The van der Waals surface area contributed by atoms with E-state index in [0.717, 1.165) is 6.42 Å². The van der Waals surface area contributed by atoms with Crippen LogP contribution in [0.5, 0.6) is 0 Å². The molecule has 7 heteroatoms. The molecular formula is C14H13F4NO2. The van der Waals surface area contributed by atoms with Gasteiger partial charge in [0.05, 0.1) is 5.56 Å². The predicted molar refractivity (Wildman–Crippen MR) is 69.0 cm³/mol. The number of benzene rings is 1. The molecule has 1 aromatic carbocycles. The molecule has 21 heavy (non-hydrogen) atoms. The first kappa shape index (κ1) is 15.3. The molecule has 1 aliphatic heterocycles. The summed E-state index contributed by atoms with van der Waals surface area (Å²) in [6.45, 7) is 0.633. The average molecular weight is 303 g/mol. The second-order valence-corrected chi connectivity index (χ2v) is 4.74. The highest BCUT2D eigenvalue weighted by atomic mass is 19.2. The number of rotatable bonds is 3. The SMILES string of the molecule is O=C(O)/C=C\c1c(F)c(F)c(N2CCCCC2)c(F)c1F. The summed E-state index contributed by atoms with van der Waals surface area (Å²) in [5, 5.41) is 8.43. The number of anilines is 1. The first-order chi connectivity index (χ1) is 9.93. The van der Waals surface area contributed by atoms with Crippen molar-refractivity contribution < 1.29 is 27.5 Å². The molecule has 114 valence electrons. The Labute approximate surface area is 118 Å². The van der Waals surface area contributed by atoms with Crippen molar-refractivity contribution in [2.75, 3.05) is 18.0 Å². The van der Waals surface area contributed by atoms with Gasteiger partial charge in [-0.05, 0) is 25.3 Å². The summed E-state index contributed by atoms with van der Waals surface area (Å²) in [4.78, 5) is 11.6. The van der Waals surface area contributed by atoms with Gasteiger partial charge >= 0.3 is 5.97 Å².